The van der Waals surface area contributed by atoms with E-state index in [1.807, 2.05) is 0 Å². The molecular weight excluding hydrogens is 160 g/mol. The van der Waals surface area contributed by atoms with Crippen molar-refractivity contribution in [2.45, 2.75) is 59.8 Å². The molecule has 13 heavy (non-hydrogen) atoms. The summed E-state index contributed by atoms with van der Waals surface area (Å²) in [7, 11) is 0. The summed E-state index contributed by atoms with van der Waals surface area (Å²) in [5, 5.41) is 0. The maximum absolute atomic E-state index is 11.5. The first kappa shape index (κ1) is 12.7. The lowest BCUT2D eigenvalue weighted by atomic mass is 9.95. The third-order valence-electron chi connectivity index (χ3n) is 2.48. The highest BCUT2D eigenvalue weighted by Crippen LogP contribution is 2.13. The topological polar surface area (TPSA) is 17.1 Å². The Bertz CT molecular complexity index is 138. The van der Waals surface area contributed by atoms with Gasteiger partial charge in [-0.15, -0.1) is 0 Å². The van der Waals surface area contributed by atoms with E-state index < -0.39 is 0 Å². The number of rotatable bonds is 7. The third-order valence-corrected chi connectivity index (χ3v) is 2.48. The lowest BCUT2D eigenvalue weighted by Crippen LogP contribution is -2.10. The molecule has 0 N–H and O–H groups in total. The molecule has 0 bridgehead atoms. The van der Waals surface area contributed by atoms with Crippen LogP contribution in [0.15, 0.2) is 0 Å². The SMILES string of the molecule is CCCC(C)C(=O)CCCC(C)C. The van der Waals surface area contributed by atoms with Gasteiger partial charge in [-0.25, -0.2) is 0 Å². The molecule has 0 aliphatic heterocycles. The van der Waals surface area contributed by atoms with Crippen molar-refractivity contribution in [3.63, 3.8) is 0 Å². The Balaban J connectivity index is 3.50. The summed E-state index contributed by atoms with van der Waals surface area (Å²) in [5.41, 5.74) is 0. The van der Waals surface area contributed by atoms with Crippen molar-refractivity contribution < 1.29 is 4.79 Å². The first-order valence-corrected chi connectivity index (χ1v) is 5.60. The maximum Gasteiger partial charge on any atom is 0.135 e. The molecule has 0 rings (SSSR count). The minimum atomic E-state index is 0.289. The lowest BCUT2D eigenvalue weighted by Gasteiger charge is -2.09. The zero-order valence-corrected chi connectivity index (χ0v) is 9.60. The van der Waals surface area contributed by atoms with Crippen LogP contribution in [0.5, 0.6) is 0 Å². The number of Topliss-reactive ketones (excluding diaryl/α,β-unsaturated/α-hetero) is 1. The Morgan fingerprint density at radius 3 is 2.23 bits per heavy atom. The van der Waals surface area contributed by atoms with E-state index in [0.29, 0.717) is 5.78 Å². The van der Waals surface area contributed by atoms with Crippen molar-refractivity contribution in [2.24, 2.45) is 11.8 Å². The van der Waals surface area contributed by atoms with Gasteiger partial charge in [0.15, 0.2) is 0 Å². The molecule has 1 unspecified atom stereocenters. The first-order valence-electron chi connectivity index (χ1n) is 5.60. The van der Waals surface area contributed by atoms with E-state index >= 15 is 0 Å². The van der Waals surface area contributed by atoms with Gasteiger partial charge in [0.05, 0.1) is 0 Å². The van der Waals surface area contributed by atoms with Gasteiger partial charge in [-0.05, 0) is 18.8 Å². The van der Waals surface area contributed by atoms with Crippen LogP contribution < -0.4 is 0 Å². The van der Waals surface area contributed by atoms with Gasteiger partial charge >= 0.3 is 0 Å². The van der Waals surface area contributed by atoms with Crippen molar-refractivity contribution in [2.75, 3.05) is 0 Å². The van der Waals surface area contributed by atoms with Crippen LogP contribution in [0.25, 0.3) is 0 Å². The van der Waals surface area contributed by atoms with Gasteiger partial charge in [0, 0.05) is 12.3 Å². The molecule has 0 aromatic rings. The van der Waals surface area contributed by atoms with Crippen LogP contribution >= 0.6 is 0 Å². The highest BCUT2D eigenvalue weighted by molar-refractivity contribution is 5.80. The van der Waals surface area contributed by atoms with Gasteiger partial charge in [-0.2, -0.15) is 0 Å². The van der Waals surface area contributed by atoms with Crippen LogP contribution in [0.1, 0.15) is 59.8 Å². The quantitative estimate of drug-likeness (QED) is 0.588. The average molecular weight is 184 g/mol. The molecule has 0 saturated carbocycles. The smallest absolute Gasteiger partial charge is 0.135 e. The van der Waals surface area contributed by atoms with Gasteiger partial charge in [0.1, 0.15) is 5.78 Å². The molecule has 0 saturated heterocycles. The second kappa shape index (κ2) is 7.11. The molecule has 0 radical (unpaired) electrons. The summed E-state index contributed by atoms with van der Waals surface area (Å²) in [6, 6.07) is 0. The summed E-state index contributed by atoms with van der Waals surface area (Å²) in [4.78, 5) is 11.5. The van der Waals surface area contributed by atoms with Crippen LogP contribution in [0.2, 0.25) is 0 Å². The van der Waals surface area contributed by atoms with E-state index in [1.54, 1.807) is 0 Å². The lowest BCUT2D eigenvalue weighted by molar-refractivity contribution is -0.122. The van der Waals surface area contributed by atoms with Gasteiger partial charge in [-0.3, -0.25) is 4.79 Å². The molecule has 0 fully saturated rings. The number of ketones is 1. The number of carbonyl (C=O) groups is 1. The van der Waals surface area contributed by atoms with Gasteiger partial charge in [0.2, 0.25) is 0 Å². The minimum absolute atomic E-state index is 0.289. The molecule has 1 heteroatoms. The Morgan fingerprint density at radius 2 is 1.77 bits per heavy atom. The zero-order valence-electron chi connectivity index (χ0n) is 9.60. The fourth-order valence-corrected chi connectivity index (χ4v) is 1.52. The summed E-state index contributed by atoms with van der Waals surface area (Å²) in [5.74, 6) is 1.48. The van der Waals surface area contributed by atoms with Crippen LogP contribution in [0.4, 0.5) is 0 Å². The van der Waals surface area contributed by atoms with E-state index in [4.69, 9.17) is 0 Å². The Labute approximate surface area is 82.9 Å². The second-order valence-corrected chi connectivity index (χ2v) is 4.44. The fourth-order valence-electron chi connectivity index (χ4n) is 1.52. The van der Waals surface area contributed by atoms with Gasteiger partial charge in [0.25, 0.3) is 0 Å². The van der Waals surface area contributed by atoms with Gasteiger partial charge in [-0.1, -0.05) is 40.5 Å². The van der Waals surface area contributed by atoms with Gasteiger partial charge < -0.3 is 0 Å². The summed E-state index contributed by atoms with van der Waals surface area (Å²) >= 11 is 0. The van der Waals surface area contributed by atoms with E-state index in [-0.39, 0.29) is 5.92 Å². The normalized spacial score (nSPS) is 13.3. The molecule has 0 amide bonds. The molecule has 0 aliphatic rings. The Hall–Kier alpha value is -0.330. The highest BCUT2D eigenvalue weighted by Gasteiger charge is 2.10. The van der Waals surface area contributed by atoms with E-state index in [0.717, 1.165) is 31.6 Å². The average Bonchev–Trinajstić information content (AvgIpc) is 2.04. The van der Waals surface area contributed by atoms with Crippen LogP contribution in [-0.4, -0.2) is 5.78 Å². The third kappa shape index (κ3) is 6.80. The van der Waals surface area contributed by atoms with E-state index in [9.17, 15) is 4.79 Å². The van der Waals surface area contributed by atoms with Crippen molar-refractivity contribution in [3.05, 3.63) is 0 Å². The molecule has 0 aromatic carbocycles. The minimum Gasteiger partial charge on any atom is -0.299 e. The predicted molar refractivity (Wildman–Crippen MR) is 57.8 cm³/mol. The molecule has 0 spiro atoms. The van der Waals surface area contributed by atoms with Crippen molar-refractivity contribution in [1.29, 1.82) is 0 Å². The van der Waals surface area contributed by atoms with Crippen LogP contribution in [0, 0.1) is 11.8 Å². The molecule has 0 aromatic heterocycles. The summed E-state index contributed by atoms with van der Waals surface area (Å²) in [6.07, 6.45) is 5.23. The Kier molecular flexibility index (Phi) is 6.93. The molecule has 1 atom stereocenters. The van der Waals surface area contributed by atoms with Crippen molar-refractivity contribution >= 4 is 5.78 Å². The van der Waals surface area contributed by atoms with Crippen molar-refractivity contribution in [3.8, 4) is 0 Å². The monoisotopic (exact) mass is 184 g/mol. The maximum atomic E-state index is 11.5. The number of carbonyl (C=O) groups excluding carboxylic acids is 1. The zero-order chi connectivity index (χ0) is 10.3. The van der Waals surface area contributed by atoms with Crippen LogP contribution in [-0.2, 0) is 4.79 Å². The first-order chi connectivity index (χ1) is 6.07. The highest BCUT2D eigenvalue weighted by atomic mass is 16.1. The van der Waals surface area contributed by atoms with E-state index in [1.165, 1.54) is 6.42 Å². The molecule has 0 heterocycles. The molecule has 1 nitrogen and oxygen atoms in total. The second-order valence-electron chi connectivity index (χ2n) is 4.44. The summed E-state index contributed by atoms with van der Waals surface area (Å²) in [6.45, 7) is 8.61. The standard InChI is InChI=1S/C12H24O/c1-5-7-11(4)12(13)9-6-8-10(2)3/h10-11H,5-9H2,1-4H3. The molecule has 0 aliphatic carbocycles. The molecule has 78 valence electrons. The molecular formula is C12H24O. The van der Waals surface area contributed by atoms with Crippen LogP contribution in [0.3, 0.4) is 0 Å². The largest absolute Gasteiger partial charge is 0.299 e. The Morgan fingerprint density at radius 1 is 1.15 bits per heavy atom. The number of hydrogen-bond acceptors (Lipinski definition) is 1. The van der Waals surface area contributed by atoms with Crippen molar-refractivity contribution in [1.82, 2.24) is 0 Å². The predicted octanol–water partition coefficient (Wildman–Crippen LogP) is 3.82. The fraction of sp³-hybridized carbons (Fsp3) is 0.917. The van der Waals surface area contributed by atoms with E-state index in [2.05, 4.69) is 27.7 Å². The number of hydrogen-bond donors (Lipinski definition) is 0. The summed E-state index contributed by atoms with van der Waals surface area (Å²) < 4.78 is 0.